The van der Waals surface area contributed by atoms with E-state index >= 15 is 0 Å². The van der Waals surface area contributed by atoms with Crippen LogP contribution in [0.3, 0.4) is 0 Å². The van der Waals surface area contributed by atoms with Crippen molar-refractivity contribution in [2.45, 2.75) is 25.3 Å². The third kappa shape index (κ3) is 3.23. The van der Waals surface area contributed by atoms with Crippen molar-refractivity contribution >= 4 is 15.9 Å². The molecule has 0 heterocycles. The van der Waals surface area contributed by atoms with Gasteiger partial charge in [0, 0.05) is 10.0 Å². The molecule has 0 aromatic heterocycles. The van der Waals surface area contributed by atoms with Gasteiger partial charge in [-0.25, -0.2) is 4.39 Å². The summed E-state index contributed by atoms with van der Waals surface area (Å²) in [5.41, 5.74) is 8.24. The highest BCUT2D eigenvalue weighted by molar-refractivity contribution is 9.10. The Morgan fingerprint density at radius 2 is 1.84 bits per heavy atom. The minimum absolute atomic E-state index is 0.241. The first-order valence-electron chi connectivity index (χ1n) is 6.33. The fourth-order valence-electron chi connectivity index (χ4n) is 2.21. The molecule has 1 atom stereocenters. The van der Waals surface area contributed by atoms with Crippen molar-refractivity contribution in [3.63, 3.8) is 0 Å². The lowest BCUT2D eigenvalue weighted by atomic mass is 9.82. The second-order valence-corrected chi connectivity index (χ2v) is 5.64. The van der Waals surface area contributed by atoms with Crippen LogP contribution in [-0.2, 0) is 12.0 Å². The maximum absolute atomic E-state index is 13.1. The molecule has 0 aliphatic rings. The molecule has 0 aliphatic carbocycles. The quantitative estimate of drug-likeness (QED) is 0.887. The largest absolute Gasteiger partial charge is 0.321 e. The van der Waals surface area contributed by atoms with Gasteiger partial charge in [-0.15, -0.1) is 0 Å². The zero-order valence-electron chi connectivity index (χ0n) is 10.9. The predicted octanol–water partition coefficient (Wildman–Crippen LogP) is 4.39. The lowest BCUT2D eigenvalue weighted by Crippen LogP contribution is -2.38. The van der Waals surface area contributed by atoms with Crippen molar-refractivity contribution in [3.05, 3.63) is 69.9 Å². The number of hydrogen-bond acceptors (Lipinski definition) is 1. The SMILES string of the molecule is CCC(N)(Cc1ccc(F)cc1Br)c1ccccc1. The molecule has 0 amide bonds. The van der Waals surface area contributed by atoms with Crippen molar-refractivity contribution in [2.24, 2.45) is 5.73 Å². The standard InChI is InChI=1S/C16H17BrFN/c1-2-16(19,13-6-4-3-5-7-13)11-12-8-9-14(18)10-15(12)17/h3-10H,2,11,19H2,1H3. The van der Waals surface area contributed by atoms with Crippen molar-refractivity contribution in [1.29, 1.82) is 0 Å². The molecule has 3 heteroatoms. The van der Waals surface area contributed by atoms with Crippen molar-refractivity contribution in [3.8, 4) is 0 Å². The molecule has 0 saturated carbocycles. The van der Waals surface area contributed by atoms with Crippen LogP contribution in [0.15, 0.2) is 53.0 Å². The summed E-state index contributed by atoms with van der Waals surface area (Å²) in [7, 11) is 0. The van der Waals surface area contributed by atoms with E-state index in [9.17, 15) is 4.39 Å². The second-order valence-electron chi connectivity index (χ2n) is 4.79. The van der Waals surface area contributed by atoms with Gasteiger partial charge in [-0.3, -0.25) is 0 Å². The second kappa shape index (κ2) is 5.85. The van der Waals surface area contributed by atoms with Gasteiger partial charge < -0.3 is 5.73 Å². The molecule has 2 aromatic carbocycles. The zero-order valence-corrected chi connectivity index (χ0v) is 12.5. The Kier molecular flexibility index (Phi) is 4.38. The van der Waals surface area contributed by atoms with E-state index in [2.05, 4.69) is 22.9 Å². The average Bonchev–Trinajstić information content (AvgIpc) is 2.43. The first kappa shape index (κ1) is 14.2. The van der Waals surface area contributed by atoms with Crippen LogP contribution in [0.4, 0.5) is 4.39 Å². The summed E-state index contributed by atoms with van der Waals surface area (Å²) in [6.07, 6.45) is 1.50. The number of benzene rings is 2. The number of nitrogens with two attached hydrogens (primary N) is 1. The van der Waals surface area contributed by atoms with Crippen molar-refractivity contribution < 1.29 is 4.39 Å². The summed E-state index contributed by atoms with van der Waals surface area (Å²) in [4.78, 5) is 0. The highest BCUT2D eigenvalue weighted by Crippen LogP contribution is 2.30. The van der Waals surface area contributed by atoms with Crippen LogP contribution in [0, 0.1) is 5.82 Å². The molecule has 0 aliphatic heterocycles. The maximum Gasteiger partial charge on any atom is 0.124 e. The minimum Gasteiger partial charge on any atom is -0.321 e. The molecule has 2 N–H and O–H groups in total. The Bertz CT molecular complexity index is 556. The van der Waals surface area contributed by atoms with Crippen LogP contribution in [0.5, 0.6) is 0 Å². The molecular weight excluding hydrogens is 305 g/mol. The first-order chi connectivity index (χ1) is 9.05. The van der Waals surface area contributed by atoms with Gasteiger partial charge in [-0.1, -0.05) is 59.3 Å². The summed E-state index contributed by atoms with van der Waals surface area (Å²) < 4.78 is 13.9. The zero-order chi connectivity index (χ0) is 13.9. The molecule has 0 spiro atoms. The van der Waals surface area contributed by atoms with E-state index in [1.165, 1.54) is 12.1 Å². The minimum atomic E-state index is -0.429. The van der Waals surface area contributed by atoms with Gasteiger partial charge in [0.1, 0.15) is 5.82 Å². The number of halogens is 2. The molecule has 0 saturated heterocycles. The van der Waals surface area contributed by atoms with Gasteiger partial charge in [0.15, 0.2) is 0 Å². The van der Waals surface area contributed by atoms with E-state index in [-0.39, 0.29) is 5.82 Å². The van der Waals surface area contributed by atoms with Crippen molar-refractivity contribution in [1.82, 2.24) is 0 Å². The topological polar surface area (TPSA) is 26.0 Å². The molecule has 0 radical (unpaired) electrons. The Hall–Kier alpha value is -1.19. The molecule has 2 aromatic rings. The summed E-state index contributed by atoms with van der Waals surface area (Å²) in [5.74, 6) is -0.241. The van der Waals surface area contributed by atoms with E-state index in [1.807, 2.05) is 30.3 Å². The van der Waals surface area contributed by atoms with Gasteiger partial charge in [0.05, 0.1) is 0 Å². The van der Waals surface area contributed by atoms with Crippen LogP contribution in [0.25, 0.3) is 0 Å². The fraction of sp³-hybridized carbons (Fsp3) is 0.250. The number of hydrogen-bond donors (Lipinski definition) is 1. The molecule has 100 valence electrons. The van der Waals surface area contributed by atoms with Gasteiger partial charge >= 0.3 is 0 Å². The number of rotatable bonds is 4. The highest BCUT2D eigenvalue weighted by Gasteiger charge is 2.26. The Balaban J connectivity index is 2.33. The highest BCUT2D eigenvalue weighted by atomic mass is 79.9. The molecule has 1 nitrogen and oxygen atoms in total. The predicted molar refractivity (Wildman–Crippen MR) is 80.4 cm³/mol. The lowest BCUT2D eigenvalue weighted by Gasteiger charge is -2.29. The van der Waals surface area contributed by atoms with E-state index in [4.69, 9.17) is 5.73 Å². The third-order valence-electron chi connectivity index (χ3n) is 3.50. The van der Waals surface area contributed by atoms with Crippen LogP contribution >= 0.6 is 15.9 Å². The molecule has 2 rings (SSSR count). The Labute approximate surface area is 121 Å². The van der Waals surface area contributed by atoms with Crippen LogP contribution < -0.4 is 5.73 Å². The van der Waals surface area contributed by atoms with Gasteiger partial charge in [-0.2, -0.15) is 0 Å². The molecular formula is C16H17BrFN. The summed E-state index contributed by atoms with van der Waals surface area (Å²) in [5, 5.41) is 0. The van der Waals surface area contributed by atoms with Crippen LogP contribution in [0.2, 0.25) is 0 Å². The van der Waals surface area contributed by atoms with Gasteiger partial charge in [0.25, 0.3) is 0 Å². The summed E-state index contributed by atoms with van der Waals surface area (Å²) >= 11 is 3.41. The van der Waals surface area contributed by atoms with E-state index in [0.717, 1.165) is 22.0 Å². The smallest absolute Gasteiger partial charge is 0.124 e. The van der Waals surface area contributed by atoms with Crippen molar-refractivity contribution in [2.75, 3.05) is 0 Å². The van der Waals surface area contributed by atoms with E-state index in [1.54, 1.807) is 6.07 Å². The van der Waals surface area contributed by atoms with E-state index in [0.29, 0.717) is 6.42 Å². The molecule has 0 bridgehead atoms. The molecule has 0 fully saturated rings. The monoisotopic (exact) mass is 321 g/mol. The Morgan fingerprint density at radius 3 is 2.42 bits per heavy atom. The third-order valence-corrected chi connectivity index (χ3v) is 4.24. The lowest BCUT2D eigenvalue weighted by molar-refractivity contribution is 0.424. The maximum atomic E-state index is 13.1. The van der Waals surface area contributed by atoms with Crippen LogP contribution in [0.1, 0.15) is 24.5 Å². The van der Waals surface area contributed by atoms with Gasteiger partial charge in [-0.05, 0) is 36.1 Å². The normalized spacial score (nSPS) is 14.1. The average molecular weight is 322 g/mol. The molecule has 19 heavy (non-hydrogen) atoms. The van der Waals surface area contributed by atoms with Crippen LogP contribution in [-0.4, -0.2) is 0 Å². The molecule has 1 unspecified atom stereocenters. The first-order valence-corrected chi connectivity index (χ1v) is 7.13. The summed E-state index contributed by atoms with van der Waals surface area (Å²) in [6.45, 7) is 2.07. The fourth-order valence-corrected chi connectivity index (χ4v) is 2.70. The summed E-state index contributed by atoms with van der Waals surface area (Å²) in [6, 6.07) is 14.8. The van der Waals surface area contributed by atoms with Gasteiger partial charge in [0.2, 0.25) is 0 Å². The van der Waals surface area contributed by atoms with E-state index < -0.39 is 5.54 Å². The Morgan fingerprint density at radius 1 is 1.16 bits per heavy atom.